The fraction of sp³-hybridized carbons (Fsp3) is 0.385. The highest BCUT2D eigenvalue weighted by Crippen LogP contribution is 2.48. The summed E-state index contributed by atoms with van der Waals surface area (Å²) in [6.07, 6.45) is -3.27. The molecule has 2 aliphatic rings. The molecule has 2 aromatic rings. The number of hydrogen-bond donors (Lipinski definition) is 1. The summed E-state index contributed by atoms with van der Waals surface area (Å²) < 4.78 is 48.8. The van der Waals surface area contributed by atoms with Crippen molar-refractivity contribution in [3.05, 3.63) is 73.7 Å². The number of alkyl halides is 3. The molecule has 12 heteroatoms. The Labute approximate surface area is 236 Å². The van der Waals surface area contributed by atoms with Crippen LogP contribution in [-0.2, 0) is 26.5 Å². The lowest BCUT2D eigenvalue weighted by Gasteiger charge is -2.28. The molecule has 6 nitrogen and oxygen atoms in total. The van der Waals surface area contributed by atoms with Crippen LogP contribution in [0, 0.1) is 5.92 Å². The highest BCUT2D eigenvalue weighted by Gasteiger charge is 2.59. The summed E-state index contributed by atoms with van der Waals surface area (Å²) in [7, 11) is 0. The van der Waals surface area contributed by atoms with Crippen molar-refractivity contribution in [2.75, 3.05) is 0 Å². The first-order valence-electron chi connectivity index (χ1n) is 11.6. The van der Waals surface area contributed by atoms with Gasteiger partial charge in [0.2, 0.25) is 11.5 Å². The van der Waals surface area contributed by atoms with E-state index in [9.17, 15) is 22.8 Å². The molecule has 1 unspecified atom stereocenters. The van der Waals surface area contributed by atoms with Gasteiger partial charge in [0, 0.05) is 31.6 Å². The van der Waals surface area contributed by atoms with Crippen LogP contribution in [0.3, 0.4) is 0 Å². The van der Waals surface area contributed by atoms with E-state index in [1.807, 2.05) is 0 Å². The topological polar surface area (TPSA) is 67.9 Å². The lowest BCUT2D eigenvalue weighted by atomic mass is 9.91. The van der Waals surface area contributed by atoms with Crippen LogP contribution in [0.25, 0.3) is 5.70 Å². The first-order chi connectivity index (χ1) is 17.6. The standard InChI is InChI=1S/C26H24BrCl2F3N2O4/c1-24(2,3)37-23(36)34(22(35)14-4-5-14)13-16-7-6-15(8-20(16)27)21-12-25(38-33-21,26(30,31)32)17-9-18(28)11-19(29)10-17/h6-12,14,33H,4-5,13H2,1-3H3. The monoisotopic (exact) mass is 634 g/mol. The van der Waals surface area contributed by atoms with Crippen LogP contribution in [0.2, 0.25) is 10.0 Å². The van der Waals surface area contributed by atoms with Crippen LogP contribution in [0.15, 0.2) is 46.9 Å². The Hall–Kier alpha value is -2.27. The van der Waals surface area contributed by atoms with Crippen LogP contribution in [0.5, 0.6) is 0 Å². The second-order valence-corrected chi connectivity index (χ2v) is 11.9. The average Bonchev–Trinajstić information content (AvgIpc) is 3.52. The van der Waals surface area contributed by atoms with Gasteiger partial charge < -0.3 is 4.74 Å². The van der Waals surface area contributed by atoms with Gasteiger partial charge in [-0.2, -0.15) is 13.2 Å². The minimum absolute atomic E-state index is 0.0314. The number of imide groups is 1. The fourth-order valence-electron chi connectivity index (χ4n) is 3.87. The van der Waals surface area contributed by atoms with E-state index in [0.29, 0.717) is 28.4 Å². The first kappa shape index (κ1) is 28.7. The third kappa shape index (κ3) is 6.14. The van der Waals surface area contributed by atoms with Crippen molar-refractivity contribution >= 4 is 56.8 Å². The number of carbonyl (C=O) groups excluding carboxylic acids is 2. The van der Waals surface area contributed by atoms with Crippen molar-refractivity contribution in [2.45, 2.75) is 57.5 Å². The summed E-state index contributed by atoms with van der Waals surface area (Å²) in [5.41, 5.74) is -0.531. The minimum Gasteiger partial charge on any atom is -0.443 e. The number of nitrogens with zero attached hydrogens (tertiary/aromatic N) is 1. The SMILES string of the molecule is CC(C)(C)OC(=O)N(Cc1ccc(C2=CC(c3cc(Cl)cc(Cl)c3)(C(F)(F)F)ON2)cc1Br)C(=O)C1CC1. The lowest BCUT2D eigenvalue weighted by Crippen LogP contribution is -2.42. The molecule has 1 aliphatic carbocycles. The molecule has 1 fully saturated rings. The highest BCUT2D eigenvalue weighted by atomic mass is 79.9. The van der Waals surface area contributed by atoms with Gasteiger partial charge in [0.05, 0.1) is 12.2 Å². The molecule has 2 aromatic carbocycles. The molecule has 1 heterocycles. The van der Waals surface area contributed by atoms with Crippen LogP contribution >= 0.6 is 39.1 Å². The van der Waals surface area contributed by atoms with Crippen LogP contribution in [-0.4, -0.2) is 28.7 Å². The van der Waals surface area contributed by atoms with Gasteiger partial charge in [0.1, 0.15) is 5.60 Å². The van der Waals surface area contributed by atoms with Gasteiger partial charge in [0.25, 0.3) is 0 Å². The summed E-state index contributed by atoms with van der Waals surface area (Å²) in [5.74, 6) is -0.542. The molecule has 204 valence electrons. The largest absolute Gasteiger partial charge is 0.443 e. The van der Waals surface area contributed by atoms with Gasteiger partial charge in [-0.05, 0) is 69.5 Å². The zero-order valence-corrected chi connectivity index (χ0v) is 23.7. The molecule has 0 radical (unpaired) electrons. The maximum atomic E-state index is 14.3. The van der Waals surface area contributed by atoms with E-state index in [1.165, 1.54) is 6.07 Å². The van der Waals surface area contributed by atoms with Gasteiger partial charge in [-0.3, -0.25) is 15.1 Å². The van der Waals surface area contributed by atoms with Crippen molar-refractivity contribution in [2.24, 2.45) is 5.92 Å². The summed E-state index contributed by atoms with van der Waals surface area (Å²) in [6.45, 7) is 5.05. The van der Waals surface area contributed by atoms with Gasteiger partial charge >= 0.3 is 12.3 Å². The van der Waals surface area contributed by atoms with Crippen molar-refractivity contribution in [1.82, 2.24) is 10.4 Å². The Morgan fingerprint density at radius 2 is 1.76 bits per heavy atom. The number of rotatable bonds is 5. The maximum absolute atomic E-state index is 14.3. The predicted molar refractivity (Wildman–Crippen MR) is 140 cm³/mol. The molecular formula is C26H24BrCl2F3N2O4. The number of amides is 2. The number of nitrogens with one attached hydrogen (secondary N) is 1. The number of hydroxylamine groups is 1. The van der Waals surface area contributed by atoms with Crippen molar-refractivity contribution < 1.29 is 32.3 Å². The molecule has 38 heavy (non-hydrogen) atoms. The number of benzene rings is 2. The van der Waals surface area contributed by atoms with Crippen LogP contribution < -0.4 is 5.48 Å². The van der Waals surface area contributed by atoms with Crippen LogP contribution in [0.1, 0.15) is 50.3 Å². The number of ether oxygens (including phenoxy) is 1. The van der Waals surface area contributed by atoms with Crippen molar-refractivity contribution in [3.8, 4) is 0 Å². The number of hydrogen-bond acceptors (Lipinski definition) is 5. The van der Waals surface area contributed by atoms with Crippen LogP contribution in [0.4, 0.5) is 18.0 Å². The lowest BCUT2D eigenvalue weighted by molar-refractivity contribution is -0.269. The molecule has 1 N–H and O–H groups in total. The normalized spacial score (nSPS) is 19.6. The van der Waals surface area contributed by atoms with Gasteiger partial charge in [-0.15, -0.1) is 0 Å². The zero-order chi connectivity index (χ0) is 28.0. The van der Waals surface area contributed by atoms with E-state index in [2.05, 4.69) is 21.4 Å². The third-order valence-electron chi connectivity index (χ3n) is 5.88. The van der Waals surface area contributed by atoms with E-state index >= 15 is 0 Å². The fourth-order valence-corrected chi connectivity index (χ4v) is 4.90. The highest BCUT2D eigenvalue weighted by molar-refractivity contribution is 9.10. The predicted octanol–water partition coefficient (Wildman–Crippen LogP) is 7.76. The van der Waals surface area contributed by atoms with E-state index in [-0.39, 0.29) is 39.7 Å². The van der Waals surface area contributed by atoms with Crippen molar-refractivity contribution in [3.63, 3.8) is 0 Å². The Morgan fingerprint density at radius 3 is 2.29 bits per heavy atom. The summed E-state index contributed by atoms with van der Waals surface area (Å²) >= 11 is 15.3. The number of carbonyl (C=O) groups is 2. The number of halogens is 6. The first-order valence-corrected chi connectivity index (χ1v) is 13.2. The smallest absolute Gasteiger partial charge is 0.428 e. The second-order valence-electron chi connectivity index (χ2n) is 10.1. The zero-order valence-electron chi connectivity index (χ0n) is 20.6. The van der Waals surface area contributed by atoms with Gasteiger partial charge in [0.15, 0.2) is 0 Å². The third-order valence-corrected chi connectivity index (χ3v) is 7.06. The van der Waals surface area contributed by atoms with E-state index in [0.717, 1.165) is 23.1 Å². The maximum Gasteiger partial charge on any atom is 0.428 e. The van der Waals surface area contributed by atoms with E-state index in [1.54, 1.807) is 39.0 Å². The molecule has 1 saturated carbocycles. The Bertz CT molecular complexity index is 1290. The molecule has 4 rings (SSSR count). The average molecular weight is 636 g/mol. The van der Waals surface area contributed by atoms with E-state index in [4.69, 9.17) is 32.8 Å². The second kappa shape index (κ2) is 10.4. The van der Waals surface area contributed by atoms with E-state index < -0.39 is 23.5 Å². The molecule has 0 spiro atoms. The quantitative estimate of drug-likeness (QED) is 0.364. The summed E-state index contributed by atoms with van der Waals surface area (Å²) in [5, 5.41) is 0.0629. The van der Waals surface area contributed by atoms with Gasteiger partial charge in [-0.25, -0.2) is 9.69 Å². The molecule has 0 aromatic heterocycles. The van der Waals surface area contributed by atoms with Gasteiger partial charge in [-0.1, -0.05) is 51.3 Å². The molecule has 1 atom stereocenters. The molecule has 0 bridgehead atoms. The van der Waals surface area contributed by atoms with Crippen molar-refractivity contribution in [1.29, 1.82) is 0 Å². The Kier molecular flexibility index (Phi) is 7.84. The summed E-state index contributed by atoms with van der Waals surface area (Å²) in [6, 6.07) is 8.36. The Morgan fingerprint density at radius 1 is 1.13 bits per heavy atom. The Balaban J connectivity index is 1.64. The molecule has 0 saturated heterocycles. The molecule has 2 amide bonds. The molecular weight excluding hydrogens is 612 g/mol. The summed E-state index contributed by atoms with van der Waals surface area (Å²) in [4.78, 5) is 31.8. The molecule has 1 aliphatic heterocycles. The minimum atomic E-state index is -4.84.